The zero-order valence-corrected chi connectivity index (χ0v) is 20.3. The van der Waals surface area contributed by atoms with Crippen molar-refractivity contribution in [1.29, 1.82) is 0 Å². The first kappa shape index (κ1) is 24.4. The van der Waals surface area contributed by atoms with Gasteiger partial charge in [-0.2, -0.15) is 0 Å². The lowest BCUT2D eigenvalue weighted by Gasteiger charge is -2.61. The minimum atomic E-state index is -0.299. The Morgan fingerprint density at radius 1 is 1.06 bits per heavy atom. The molecule has 1 saturated heterocycles. The molecule has 4 fully saturated rings. The van der Waals surface area contributed by atoms with E-state index in [0.29, 0.717) is 37.4 Å². The van der Waals surface area contributed by atoms with Gasteiger partial charge in [-0.25, -0.2) is 0 Å². The minimum absolute atomic E-state index is 0.00940. The molecule has 3 aliphatic carbocycles. The number of esters is 1. The highest BCUT2D eigenvalue weighted by Crippen LogP contribution is 2.65. The predicted octanol–water partition coefficient (Wildman–Crippen LogP) is 4.06. The lowest BCUT2D eigenvalue weighted by Crippen LogP contribution is -2.61. The molecule has 2 N–H and O–H groups in total. The number of unbranched alkanes of at least 4 members (excludes halogenated alkanes) is 2. The maximum Gasteiger partial charge on any atom is 0.305 e. The van der Waals surface area contributed by atoms with Crippen LogP contribution < -0.4 is 0 Å². The summed E-state index contributed by atoms with van der Waals surface area (Å²) in [6.45, 7) is 8.14. The van der Waals surface area contributed by atoms with Gasteiger partial charge in [-0.15, -0.1) is 0 Å². The molecule has 4 unspecified atom stereocenters. The van der Waals surface area contributed by atoms with Gasteiger partial charge in [0, 0.05) is 31.5 Å². The van der Waals surface area contributed by atoms with Gasteiger partial charge in [0.25, 0.3) is 0 Å². The number of aliphatic hydroxyl groups is 2. The van der Waals surface area contributed by atoms with Gasteiger partial charge in [0.2, 0.25) is 0 Å². The maximum absolute atomic E-state index is 12.0. The largest absolute Gasteiger partial charge is 0.462 e. The van der Waals surface area contributed by atoms with E-state index in [1.807, 2.05) is 6.92 Å². The van der Waals surface area contributed by atoms with Crippen LogP contribution >= 0.6 is 0 Å². The van der Waals surface area contributed by atoms with Gasteiger partial charge in [0.1, 0.15) is 6.10 Å². The summed E-state index contributed by atoms with van der Waals surface area (Å²) in [5.74, 6) is 1.43. The molecule has 0 aromatic carbocycles. The first-order valence-corrected chi connectivity index (χ1v) is 13.0. The summed E-state index contributed by atoms with van der Waals surface area (Å²) < 4.78 is 18.1. The molecule has 1 aliphatic heterocycles. The molecule has 9 atom stereocenters. The van der Waals surface area contributed by atoms with Crippen LogP contribution in [0.15, 0.2) is 0 Å². The minimum Gasteiger partial charge on any atom is -0.462 e. The maximum atomic E-state index is 12.0. The third-order valence-corrected chi connectivity index (χ3v) is 9.72. The van der Waals surface area contributed by atoms with E-state index in [4.69, 9.17) is 19.3 Å². The normalized spacial score (nSPS) is 45.6. The molecular weight excluding hydrogens is 408 g/mol. The van der Waals surface area contributed by atoms with Gasteiger partial charge in [0.15, 0.2) is 6.29 Å². The fraction of sp³-hybridized carbons (Fsp3) is 0.962. The molecule has 0 bridgehead atoms. The zero-order chi connectivity index (χ0) is 22.9. The van der Waals surface area contributed by atoms with E-state index >= 15 is 0 Å². The van der Waals surface area contributed by atoms with Crippen LogP contribution in [0, 0.1) is 34.5 Å². The van der Waals surface area contributed by atoms with Gasteiger partial charge in [-0.05, 0) is 80.5 Å². The van der Waals surface area contributed by atoms with Crippen LogP contribution in [-0.2, 0) is 19.0 Å². The number of ether oxygens (including phenoxy) is 3. The van der Waals surface area contributed by atoms with Crippen LogP contribution in [0.2, 0.25) is 0 Å². The SMILES string of the molecule is CCC(=O)O[C@H]1CCC2C3C(CC[C@@]21C)[C@@]1(C)CO[C@H](OCCCCCO)CC1C[C@@H]3O. The van der Waals surface area contributed by atoms with E-state index in [2.05, 4.69) is 13.8 Å². The molecule has 3 saturated carbocycles. The summed E-state index contributed by atoms with van der Waals surface area (Å²) in [6, 6.07) is 0. The number of carbonyl (C=O) groups is 1. The molecule has 6 heteroatoms. The molecule has 4 rings (SSSR count). The monoisotopic (exact) mass is 452 g/mol. The van der Waals surface area contributed by atoms with Crippen molar-refractivity contribution in [3.8, 4) is 0 Å². The fourth-order valence-corrected chi connectivity index (χ4v) is 7.79. The Morgan fingerprint density at radius 3 is 2.59 bits per heavy atom. The van der Waals surface area contributed by atoms with Crippen molar-refractivity contribution in [2.75, 3.05) is 19.8 Å². The van der Waals surface area contributed by atoms with Crippen molar-refractivity contribution in [1.82, 2.24) is 0 Å². The van der Waals surface area contributed by atoms with E-state index < -0.39 is 0 Å². The number of fused-ring (bicyclic) bond motifs is 5. The standard InChI is InChI=1S/C26H44O6/c1-4-22(29)32-21-9-8-18-24-19(10-11-25(18,21)2)26(3)16-31-23(15-17(26)14-20(24)28)30-13-7-5-6-12-27/h17-21,23-24,27-28H,4-16H2,1-3H3/t17?,18?,19?,20-,21-,23-,24?,25-,26-/m0/s1. The van der Waals surface area contributed by atoms with Gasteiger partial charge in [0.05, 0.1) is 12.7 Å². The summed E-state index contributed by atoms with van der Waals surface area (Å²) in [5, 5.41) is 20.3. The van der Waals surface area contributed by atoms with E-state index in [0.717, 1.165) is 57.8 Å². The van der Waals surface area contributed by atoms with E-state index in [1.165, 1.54) is 0 Å². The molecule has 4 aliphatic rings. The van der Waals surface area contributed by atoms with Crippen molar-refractivity contribution in [3.05, 3.63) is 0 Å². The number of carbonyl (C=O) groups excluding carboxylic acids is 1. The molecule has 6 nitrogen and oxygen atoms in total. The first-order valence-electron chi connectivity index (χ1n) is 13.0. The molecule has 0 spiro atoms. The van der Waals surface area contributed by atoms with Crippen LogP contribution in [0.3, 0.4) is 0 Å². The molecule has 0 aromatic rings. The van der Waals surface area contributed by atoms with Crippen LogP contribution in [-0.4, -0.2) is 54.5 Å². The van der Waals surface area contributed by atoms with Gasteiger partial charge >= 0.3 is 5.97 Å². The summed E-state index contributed by atoms with van der Waals surface area (Å²) in [5.41, 5.74) is 0.0477. The highest BCUT2D eigenvalue weighted by Gasteiger charge is 2.63. The summed E-state index contributed by atoms with van der Waals surface area (Å²) >= 11 is 0. The highest BCUT2D eigenvalue weighted by atomic mass is 16.7. The number of hydrogen-bond acceptors (Lipinski definition) is 6. The summed E-state index contributed by atoms with van der Waals surface area (Å²) in [7, 11) is 0. The van der Waals surface area contributed by atoms with E-state index in [9.17, 15) is 9.90 Å². The Bertz CT molecular complexity index is 654. The fourth-order valence-electron chi connectivity index (χ4n) is 7.79. The Morgan fingerprint density at radius 2 is 1.84 bits per heavy atom. The molecular formula is C26H44O6. The third kappa shape index (κ3) is 4.37. The lowest BCUT2D eigenvalue weighted by molar-refractivity contribution is -0.258. The second-order valence-corrected chi connectivity index (χ2v) is 11.4. The average Bonchev–Trinajstić information content (AvgIpc) is 3.10. The quantitative estimate of drug-likeness (QED) is 0.427. The average molecular weight is 453 g/mol. The second kappa shape index (κ2) is 9.89. The van der Waals surface area contributed by atoms with Crippen molar-refractivity contribution in [2.24, 2.45) is 34.5 Å². The molecule has 32 heavy (non-hydrogen) atoms. The molecule has 0 aromatic heterocycles. The Labute approximate surface area is 193 Å². The van der Waals surface area contributed by atoms with Crippen molar-refractivity contribution in [2.45, 2.75) is 103 Å². The van der Waals surface area contributed by atoms with Crippen LogP contribution in [0.4, 0.5) is 0 Å². The zero-order valence-electron chi connectivity index (χ0n) is 20.3. The van der Waals surface area contributed by atoms with Crippen molar-refractivity contribution < 1.29 is 29.2 Å². The lowest BCUT2D eigenvalue weighted by atomic mass is 9.46. The van der Waals surface area contributed by atoms with Gasteiger partial charge in [-0.3, -0.25) is 4.79 Å². The van der Waals surface area contributed by atoms with Crippen LogP contribution in [0.5, 0.6) is 0 Å². The predicted molar refractivity (Wildman–Crippen MR) is 121 cm³/mol. The number of aliphatic hydroxyl groups excluding tert-OH is 2. The Hall–Kier alpha value is -0.690. The Balaban J connectivity index is 1.41. The Kier molecular flexibility index (Phi) is 7.55. The first-order chi connectivity index (χ1) is 15.3. The molecule has 0 radical (unpaired) electrons. The second-order valence-electron chi connectivity index (χ2n) is 11.4. The van der Waals surface area contributed by atoms with Crippen molar-refractivity contribution in [3.63, 3.8) is 0 Å². The highest BCUT2D eigenvalue weighted by molar-refractivity contribution is 5.69. The van der Waals surface area contributed by atoms with Crippen molar-refractivity contribution >= 4 is 5.97 Å². The van der Waals surface area contributed by atoms with Gasteiger partial charge < -0.3 is 24.4 Å². The molecule has 184 valence electrons. The van der Waals surface area contributed by atoms with Gasteiger partial charge in [-0.1, -0.05) is 20.8 Å². The van der Waals surface area contributed by atoms with E-state index in [-0.39, 0.29) is 47.8 Å². The molecule has 0 amide bonds. The summed E-state index contributed by atoms with van der Waals surface area (Å²) in [6.07, 6.45) is 8.44. The van der Waals surface area contributed by atoms with Crippen LogP contribution in [0.1, 0.15) is 85.0 Å². The number of rotatable bonds is 8. The van der Waals surface area contributed by atoms with E-state index in [1.54, 1.807) is 0 Å². The smallest absolute Gasteiger partial charge is 0.305 e. The topological polar surface area (TPSA) is 85.2 Å². The van der Waals surface area contributed by atoms with Crippen LogP contribution in [0.25, 0.3) is 0 Å². The molecule has 1 heterocycles. The third-order valence-electron chi connectivity index (χ3n) is 9.72. The summed E-state index contributed by atoms with van der Waals surface area (Å²) in [4.78, 5) is 12.0. The number of hydrogen-bond donors (Lipinski definition) is 2.